The van der Waals surface area contributed by atoms with E-state index in [1.54, 1.807) is 0 Å². The Hall–Kier alpha value is -2.18. The maximum Gasteiger partial charge on any atom is 0.0564 e. The standard InChI is InChI=1S/C23H34N6/c1-24-18-8-10-25-19(14-18)16-28-12-4-6-22(28)23-7-5-13-29(23)17-20-15-21(27(2)3)9-11-26-20/h8-11,14-15,22-23H,4-7,12-13,16-17H2,1-3H3,(H,24,25). The number of rotatable bonds is 7. The molecule has 2 atom stereocenters. The second-order valence-electron chi connectivity index (χ2n) is 8.55. The van der Waals surface area contributed by atoms with Gasteiger partial charge in [0.1, 0.15) is 0 Å². The molecule has 2 aliphatic heterocycles. The van der Waals surface area contributed by atoms with Crippen molar-refractivity contribution in [1.82, 2.24) is 19.8 Å². The third-order valence-corrected chi connectivity index (χ3v) is 6.42. The first-order valence-corrected chi connectivity index (χ1v) is 10.9. The predicted octanol–water partition coefficient (Wildman–Crippen LogP) is 3.21. The fourth-order valence-electron chi connectivity index (χ4n) is 4.93. The van der Waals surface area contributed by atoms with Crippen molar-refractivity contribution in [2.75, 3.05) is 44.4 Å². The molecule has 2 aromatic heterocycles. The molecule has 6 heteroatoms. The third-order valence-electron chi connectivity index (χ3n) is 6.42. The molecule has 2 fully saturated rings. The van der Waals surface area contributed by atoms with E-state index < -0.39 is 0 Å². The smallest absolute Gasteiger partial charge is 0.0564 e. The molecule has 2 aromatic rings. The monoisotopic (exact) mass is 394 g/mol. The van der Waals surface area contributed by atoms with E-state index in [4.69, 9.17) is 0 Å². The van der Waals surface area contributed by atoms with Gasteiger partial charge in [-0.25, -0.2) is 0 Å². The zero-order valence-corrected chi connectivity index (χ0v) is 18.0. The van der Waals surface area contributed by atoms with E-state index in [0.29, 0.717) is 12.1 Å². The Bertz CT molecular complexity index is 807. The summed E-state index contributed by atoms with van der Waals surface area (Å²) in [6.45, 7) is 4.24. The molecule has 156 valence electrons. The largest absolute Gasteiger partial charge is 0.388 e. The summed E-state index contributed by atoms with van der Waals surface area (Å²) in [4.78, 5) is 16.7. The molecule has 29 heavy (non-hydrogen) atoms. The summed E-state index contributed by atoms with van der Waals surface area (Å²) in [5.74, 6) is 0. The summed E-state index contributed by atoms with van der Waals surface area (Å²) < 4.78 is 0. The lowest BCUT2D eigenvalue weighted by molar-refractivity contribution is 0.122. The Kier molecular flexibility index (Phi) is 6.31. The third kappa shape index (κ3) is 4.70. The summed E-state index contributed by atoms with van der Waals surface area (Å²) >= 11 is 0. The fourth-order valence-corrected chi connectivity index (χ4v) is 4.93. The van der Waals surface area contributed by atoms with E-state index in [2.05, 4.69) is 62.3 Å². The first-order valence-electron chi connectivity index (χ1n) is 10.9. The van der Waals surface area contributed by atoms with Gasteiger partial charge in [-0.05, 0) is 63.0 Å². The Labute approximate surface area is 174 Å². The molecule has 2 aliphatic rings. The number of nitrogens with zero attached hydrogens (tertiary/aromatic N) is 5. The van der Waals surface area contributed by atoms with Gasteiger partial charge in [0.15, 0.2) is 0 Å². The van der Waals surface area contributed by atoms with Crippen LogP contribution in [0.2, 0.25) is 0 Å². The number of hydrogen-bond donors (Lipinski definition) is 1. The summed E-state index contributed by atoms with van der Waals surface area (Å²) in [6, 6.07) is 9.76. The second kappa shape index (κ2) is 9.09. The van der Waals surface area contributed by atoms with Crippen molar-refractivity contribution in [3.63, 3.8) is 0 Å². The van der Waals surface area contributed by atoms with E-state index in [0.717, 1.165) is 24.5 Å². The number of anilines is 2. The highest BCUT2D eigenvalue weighted by Crippen LogP contribution is 2.32. The van der Waals surface area contributed by atoms with E-state index in [1.807, 2.05) is 25.5 Å². The molecule has 4 rings (SSSR count). The predicted molar refractivity (Wildman–Crippen MR) is 119 cm³/mol. The molecule has 6 nitrogen and oxygen atoms in total. The molecule has 0 saturated carbocycles. The summed E-state index contributed by atoms with van der Waals surface area (Å²) in [5, 5.41) is 3.23. The van der Waals surface area contributed by atoms with Crippen molar-refractivity contribution in [2.45, 2.75) is 50.9 Å². The van der Waals surface area contributed by atoms with E-state index in [9.17, 15) is 0 Å². The van der Waals surface area contributed by atoms with Crippen LogP contribution < -0.4 is 10.2 Å². The van der Waals surface area contributed by atoms with Crippen molar-refractivity contribution < 1.29 is 0 Å². The average Bonchev–Trinajstić information content (AvgIpc) is 3.37. The van der Waals surface area contributed by atoms with Gasteiger partial charge in [-0.3, -0.25) is 19.8 Å². The topological polar surface area (TPSA) is 47.5 Å². The Morgan fingerprint density at radius 3 is 2.10 bits per heavy atom. The van der Waals surface area contributed by atoms with Crippen LogP contribution in [0.4, 0.5) is 11.4 Å². The number of pyridine rings is 2. The highest BCUT2D eigenvalue weighted by atomic mass is 15.3. The van der Waals surface area contributed by atoms with E-state index in [-0.39, 0.29) is 0 Å². The van der Waals surface area contributed by atoms with Crippen molar-refractivity contribution in [2.24, 2.45) is 0 Å². The van der Waals surface area contributed by atoms with Crippen LogP contribution in [0.25, 0.3) is 0 Å². The summed E-state index contributed by atoms with van der Waals surface area (Å²) in [7, 11) is 6.14. The van der Waals surface area contributed by atoms with E-state index >= 15 is 0 Å². The molecule has 0 amide bonds. The van der Waals surface area contributed by atoms with E-state index in [1.165, 1.54) is 50.2 Å². The van der Waals surface area contributed by atoms with Gasteiger partial charge in [0.25, 0.3) is 0 Å². The maximum absolute atomic E-state index is 4.65. The highest BCUT2D eigenvalue weighted by molar-refractivity contribution is 5.44. The lowest BCUT2D eigenvalue weighted by Crippen LogP contribution is -2.45. The fraction of sp³-hybridized carbons (Fsp3) is 0.565. The highest BCUT2D eigenvalue weighted by Gasteiger charge is 2.37. The molecule has 2 unspecified atom stereocenters. The van der Waals surface area contributed by atoms with Crippen LogP contribution in [0.1, 0.15) is 37.1 Å². The molecule has 0 aliphatic carbocycles. The molecular formula is C23H34N6. The number of likely N-dealkylation sites (tertiary alicyclic amines) is 2. The van der Waals surface area contributed by atoms with Gasteiger partial charge in [0.05, 0.1) is 11.4 Å². The molecule has 2 saturated heterocycles. The van der Waals surface area contributed by atoms with Crippen LogP contribution in [0, 0.1) is 0 Å². The van der Waals surface area contributed by atoms with Gasteiger partial charge in [-0.1, -0.05) is 0 Å². The van der Waals surface area contributed by atoms with Gasteiger partial charge in [0, 0.05) is 70.1 Å². The van der Waals surface area contributed by atoms with Crippen LogP contribution >= 0.6 is 0 Å². The van der Waals surface area contributed by atoms with Gasteiger partial charge in [0.2, 0.25) is 0 Å². The van der Waals surface area contributed by atoms with Crippen molar-refractivity contribution in [3.05, 3.63) is 48.0 Å². The van der Waals surface area contributed by atoms with Gasteiger partial charge < -0.3 is 10.2 Å². The maximum atomic E-state index is 4.65. The summed E-state index contributed by atoms with van der Waals surface area (Å²) in [6.07, 6.45) is 9.01. The first-order chi connectivity index (χ1) is 14.1. The second-order valence-corrected chi connectivity index (χ2v) is 8.55. The van der Waals surface area contributed by atoms with Gasteiger partial charge in [-0.15, -0.1) is 0 Å². The average molecular weight is 395 g/mol. The lowest BCUT2D eigenvalue weighted by Gasteiger charge is -2.35. The number of aromatic nitrogens is 2. The number of hydrogen-bond acceptors (Lipinski definition) is 6. The minimum Gasteiger partial charge on any atom is -0.388 e. The van der Waals surface area contributed by atoms with Crippen LogP contribution in [0.15, 0.2) is 36.7 Å². The minimum absolute atomic E-state index is 0.620. The molecule has 0 aromatic carbocycles. The molecule has 0 spiro atoms. The zero-order valence-electron chi connectivity index (χ0n) is 18.0. The lowest BCUT2D eigenvalue weighted by atomic mass is 10.0. The van der Waals surface area contributed by atoms with Crippen LogP contribution in [-0.4, -0.2) is 66.1 Å². The molecule has 4 heterocycles. The van der Waals surface area contributed by atoms with Crippen LogP contribution in [0.5, 0.6) is 0 Å². The Balaban J connectivity index is 1.45. The molecule has 0 bridgehead atoms. The number of nitrogens with one attached hydrogen (secondary N) is 1. The zero-order chi connectivity index (χ0) is 20.2. The van der Waals surface area contributed by atoms with Crippen molar-refractivity contribution in [1.29, 1.82) is 0 Å². The summed E-state index contributed by atoms with van der Waals surface area (Å²) in [5.41, 5.74) is 4.70. The molecule has 1 N–H and O–H groups in total. The first kappa shape index (κ1) is 20.1. The molecule has 0 radical (unpaired) electrons. The minimum atomic E-state index is 0.620. The van der Waals surface area contributed by atoms with Crippen LogP contribution in [0.3, 0.4) is 0 Å². The quantitative estimate of drug-likeness (QED) is 0.778. The van der Waals surface area contributed by atoms with Gasteiger partial charge in [-0.2, -0.15) is 0 Å². The van der Waals surface area contributed by atoms with Crippen LogP contribution in [-0.2, 0) is 13.1 Å². The van der Waals surface area contributed by atoms with Crippen molar-refractivity contribution >= 4 is 11.4 Å². The SMILES string of the molecule is CNc1ccnc(CN2CCCC2C2CCCN2Cc2cc(N(C)C)ccn2)c1. The Morgan fingerprint density at radius 1 is 0.931 bits per heavy atom. The molecular weight excluding hydrogens is 360 g/mol. The normalized spacial score (nSPS) is 22.9. The Morgan fingerprint density at radius 2 is 1.52 bits per heavy atom. The van der Waals surface area contributed by atoms with Crippen molar-refractivity contribution in [3.8, 4) is 0 Å². The van der Waals surface area contributed by atoms with Gasteiger partial charge >= 0.3 is 0 Å².